The number of aromatic nitrogens is 1. The number of thiazole rings is 1. The zero-order chi connectivity index (χ0) is 23.3. The minimum absolute atomic E-state index is 0.0378. The number of fused-ring (bicyclic) bond motifs is 1. The minimum Gasteiger partial charge on any atom is -0.507 e. The maximum absolute atomic E-state index is 14.9. The molecular weight excluding hydrogens is 446 g/mol. The molecular formula is C25H16F2N2O3S. The number of carbonyl (C=O) groups excluding carboxylic acids is 2. The van der Waals surface area contributed by atoms with Crippen LogP contribution in [0.3, 0.4) is 0 Å². The first-order chi connectivity index (χ1) is 15.8. The molecule has 5 nitrogen and oxygen atoms in total. The van der Waals surface area contributed by atoms with E-state index in [1.807, 2.05) is 6.92 Å². The molecule has 164 valence electrons. The highest BCUT2D eigenvalue weighted by Crippen LogP contribution is 2.44. The predicted molar refractivity (Wildman–Crippen MR) is 122 cm³/mol. The van der Waals surface area contributed by atoms with Crippen LogP contribution in [0.4, 0.5) is 13.9 Å². The monoisotopic (exact) mass is 462 g/mol. The van der Waals surface area contributed by atoms with Crippen molar-refractivity contribution < 1.29 is 23.5 Å². The molecule has 8 heteroatoms. The van der Waals surface area contributed by atoms with Crippen LogP contribution in [0.5, 0.6) is 0 Å². The van der Waals surface area contributed by atoms with Crippen molar-refractivity contribution in [3.63, 3.8) is 0 Å². The van der Waals surface area contributed by atoms with E-state index < -0.39 is 35.1 Å². The molecule has 0 radical (unpaired) electrons. The van der Waals surface area contributed by atoms with Gasteiger partial charge in [0.05, 0.1) is 15.8 Å². The molecule has 0 bridgehead atoms. The quantitative estimate of drug-likeness (QED) is 0.248. The van der Waals surface area contributed by atoms with Crippen molar-refractivity contribution in [2.45, 2.75) is 13.0 Å². The van der Waals surface area contributed by atoms with E-state index in [1.165, 1.54) is 36.4 Å². The van der Waals surface area contributed by atoms with Crippen molar-refractivity contribution in [3.8, 4) is 0 Å². The van der Waals surface area contributed by atoms with Gasteiger partial charge in [0.2, 0.25) is 0 Å². The average Bonchev–Trinajstić information content (AvgIpc) is 3.32. The largest absolute Gasteiger partial charge is 0.507 e. The number of ketones is 1. The third kappa shape index (κ3) is 3.48. The molecule has 2 heterocycles. The fourth-order valence-corrected chi connectivity index (χ4v) is 4.89. The summed E-state index contributed by atoms with van der Waals surface area (Å²) in [5.41, 5.74) is 1.50. The summed E-state index contributed by atoms with van der Waals surface area (Å²) >= 11 is 1.01. The van der Waals surface area contributed by atoms with E-state index in [-0.39, 0.29) is 16.3 Å². The van der Waals surface area contributed by atoms with E-state index in [9.17, 15) is 23.5 Å². The maximum atomic E-state index is 14.9. The molecule has 5 rings (SSSR count). The molecule has 3 aromatic carbocycles. The van der Waals surface area contributed by atoms with Gasteiger partial charge in [-0.15, -0.1) is 0 Å². The molecule has 4 aromatic rings. The Bertz CT molecular complexity index is 1460. The number of carbonyl (C=O) groups is 2. The number of halogens is 2. The highest BCUT2D eigenvalue weighted by Gasteiger charge is 2.49. The van der Waals surface area contributed by atoms with Gasteiger partial charge in [0.1, 0.15) is 23.4 Å². The number of benzene rings is 3. The fraction of sp³-hybridized carbons (Fsp3) is 0.0800. The van der Waals surface area contributed by atoms with Gasteiger partial charge in [-0.2, -0.15) is 0 Å². The standard InChI is InChI=1S/C25H16F2N2O3S/c1-13-6-8-14(9-7-13)22(30)20-21(16-4-2-3-5-17(16)27)29(24(32)23(20)31)25-28-18-11-10-15(26)12-19(18)33-25/h2-12,21,30H,1H3/b22-20+/t21-/m0/s1. The smallest absolute Gasteiger partial charge is 0.301 e. The van der Waals surface area contributed by atoms with E-state index >= 15 is 0 Å². The molecule has 1 saturated heterocycles. The Balaban J connectivity index is 1.75. The Morgan fingerprint density at radius 1 is 1.03 bits per heavy atom. The SMILES string of the molecule is Cc1ccc(/C(O)=C2\C(=O)C(=O)N(c3nc4ccc(F)cc4s3)[C@H]2c2ccccc2F)cc1. The molecule has 0 spiro atoms. The molecule has 1 aliphatic heterocycles. The van der Waals surface area contributed by atoms with Gasteiger partial charge in [-0.25, -0.2) is 13.8 Å². The van der Waals surface area contributed by atoms with Crippen LogP contribution >= 0.6 is 11.3 Å². The van der Waals surface area contributed by atoms with E-state index in [1.54, 1.807) is 30.3 Å². The fourth-order valence-electron chi connectivity index (χ4n) is 3.88. The number of aryl methyl sites for hydroxylation is 1. The second-order valence-electron chi connectivity index (χ2n) is 7.67. The van der Waals surface area contributed by atoms with Crippen LogP contribution in [0.15, 0.2) is 72.3 Å². The summed E-state index contributed by atoms with van der Waals surface area (Å²) < 4.78 is 29.1. The van der Waals surface area contributed by atoms with Crippen LogP contribution in [-0.4, -0.2) is 21.8 Å². The normalized spacial score (nSPS) is 17.8. The molecule has 1 N–H and O–H groups in total. The Kier molecular flexibility index (Phi) is 5.02. The third-order valence-electron chi connectivity index (χ3n) is 5.51. The number of amides is 1. The van der Waals surface area contributed by atoms with Crippen LogP contribution in [0.2, 0.25) is 0 Å². The third-order valence-corrected chi connectivity index (χ3v) is 6.53. The number of nitrogens with zero attached hydrogens (tertiary/aromatic N) is 2. The summed E-state index contributed by atoms with van der Waals surface area (Å²) in [6.45, 7) is 1.87. The van der Waals surface area contributed by atoms with Crippen molar-refractivity contribution in [1.29, 1.82) is 0 Å². The van der Waals surface area contributed by atoms with E-state index in [4.69, 9.17) is 0 Å². The lowest BCUT2D eigenvalue weighted by Gasteiger charge is -2.23. The van der Waals surface area contributed by atoms with Gasteiger partial charge in [0.25, 0.3) is 5.78 Å². The molecule has 0 unspecified atom stereocenters. The van der Waals surface area contributed by atoms with Crippen LogP contribution in [0.1, 0.15) is 22.7 Å². The first-order valence-corrected chi connectivity index (χ1v) is 10.9. The van der Waals surface area contributed by atoms with Crippen LogP contribution in [0, 0.1) is 18.6 Å². The molecule has 1 fully saturated rings. The van der Waals surface area contributed by atoms with E-state index in [0.29, 0.717) is 15.8 Å². The molecule has 1 amide bonds. The van der Waals surface area contributed by atoms with Crippen molar-refractivity contribution >= 4 is 44.1 Å². The lowest BCUT2D eigenvalue weighted by molar-refractivity contribution is -0.132. The summed E-state index contributed by atoms with van der Waals surface area (Å²) in [5.74, 6) is -3.42. The van der Waals surface area contributed by atoms with E-state index in [0.717, 1.165) is 21.8 Å². The second-order valence-corrected chi connectivity index (χ2v) is 8.67. The van der Waals surface area contributed by atoms with Gasteiger partial charge < -0.3 is 5.11 Å². The molecule has 0 aliphatic carbocycles. The minimum atomic E-state index is -1.24. The first-order valence-electron chi connectivity index (χ1n) is 10.0. The van der Waals surface area contributed by atoms with Crippen LogP contribution in [-0.2, 0) is 9.59 Å². The summed E-state index contributed by atoms with van der Waals surface area (Å²) in [4.78, 5) is 31.7. The molecule has 1 aliphatic rings. The number of hydrogen-bond acceptors (Lipinski definition) is 5. The van der Waals surface area contributed by atoms with Crippen LogP contribution < -0.4 is 4.90 Å². The average molecular weight is 462 g/mol. The van der Waals surface area contributed by atoms with Crippen molar-refractivity contribution in [2.75, 3.05) is 4.90 Å². The summed E-state index contributed by atoms with van der Waals surface area (Å²) in [6.07, 6.45) is 0. The lowest BCUT2D eigenvalue weighted by atomic mass is 9.95. The Morgan fingerprint density at radius 3 is 2.48 bits per heavy atom. The molecule has 1 atom stereocenters. The zero-order valence-electron chi connectivity index (χ0n) is 17.3. The zero-order valence-corrected chi connectivity index (χ0v) is 18.1. The highest BCUT2D eigenvalue weighted by atomic mass is 32.1. The number of rotatable bonds is 3. The second kappa shape index (κ2) is 7.90. The number of aliphatic hydroxyl groups is 1. The first kappa shape index (κ1) is 21.0. The summed E-state index contributed by atoms with van der Waals surface area (Å²) in [5, 5.41) is 11.2. The maximum Gasteiger partial charge on any atom is 0.301 e. The molecule has 1 aromatic heterocycles. The highest BCUT2D eigenvalue weighted by molar-refractivity contribution is 7.22. The number of hydrogen-bond donors (Lipinski definition) is 1. The summed E-state index contributed by atoms with van der Waals surface area (Å²) in [7, 11) is 0. The number of Topliss-reactive ketones (excluding diaryl/α,β-unsaturated/α-hetero) is 1. The van der Waals surface area contributed by atoms with Crippen molar-refractivity contribution in [1.82, 2.24) is 4.98 Å². The van der Waals surface area contributed by atoms with Crippen molar-refractivity contribution in [3.05, 3.63) is 101 Å². The van der Waals surface area contributed by atoms with Gasteiger partial charge in [-0.05, 0) is 31.2 Å². The van der Waals surface area contributed by atoms with Gasteiger partial charge in [-0.3, -0.25) is 14.5 Å². The van der Waals surface area contributed by atoms with Gasteiger partial charge in [-0.1, -0.05) is 59.4 Å². The molecule has 33 heavy (non-hydrogen) atoms. The van der Waals surface area contributed by atoms with Gasteiger partial charge >= 0.3 is 5.91 Å². The van der Waals surface area contributed by atoms with E-state index in [2.05, 4.69) is 4.98 Å². The number of anilines is 1. The van der Waals surface area contributed by atoms with Crippen molar-refractivity contribution in [2.24, 2.45) is 0 Å². The topological polar surface area (TPSA) is 70.5 Å². The number of aliphatic hydroxyl groups excluding tert-OH is 1. The summed E-state index contributed by atoms with van der Waals surface area (Å²) in [6, 6.07) is 15.2. The predicted octanol–water partition coefficient (Wildman–Crippen LogP) is 5.51. The van der Waals surface area contributed by atoms with Crippen LogP contribution in [0.25, 0.3) is 16.0 Å². The lowest BCUT2D eigenvalue weighted by Crippen LogP contribution is -2.29. The van der Waals surface area contributed by atoms with Gasteiger partial charge in [0.15, 0.2) is 5.13 Å². The Morgan fingerprint density at radius 2 is 1.76 bits per heavy atom. The molecule has 0 saturated carbocycles. The van der Waals surface area contributed by atoms with Gasteiger partial charge in [0, 0.05) is 11.1 Å². The Labute approximate surface area is 191 Å². The Hall–Kier alpha value is -3.91.